The minimum Gasteiger partial charge on any atom is -0.482 e. The maximum atomic E-state index is 11.8. The fourth-order valence-electron chi connectivity index (χ4n) is 3.13. The zero-order chi connectivity index (χ0) is 20.2. The molecule has 0 fully saturated rings. The number of hydrogen-bond donors (Lipinski definition) is 5. The number of ether oxygens (including phenoxy) is 1. The Morgan fingerprint density at radius 2 is 2.00 bits per heavy atom. The number of rotatable bonds is 6. The highest BCUT2D eigenvalue weighted by molar-refractivity contribution is 5.96. The molecule has 2 amide bonds. The number of benzene rings is 2. The normalized spacial score (nSPS) is 15.3. The smallest absolute Gasteiger partial charge is 0.262 e. The minimum absolute atomic E-state index is 0.0175. The Balaban J connectivity index is 1.52. The van der Waals surface area contributed by atoms with Crippen LogP contribution in [0.3, 0.4) is 0 Å². The number of fused-ring (bicyclic) bond motifs is 1. The summed E-state index contributed by atoms with van der Waals surface area (Å²) in [5.74, 6) is 0.665. The Labute approximate surface area is 167 Å². The van der Waals surface area contributed by atoms with E-state index < -0.39 is 5.91 Å². The summed E-state index contributed by atoms with van der Waals surface area (Å²) in [6, 6.07) is 15.3. The largest absolute Gasteiger partial charge is 0.482 e. The molecule has 0 aromatic heterocycles. The molecule has 2 aromatic rings. The summed E-state index contributed by atoms with van der Waals surface area (Å²) in [6.45, 7) is 0.888. The number of anilines is 2. The van der Waals surface area contributed by atoms with Crippen LogP contribution in [-0.2, 0) is 16.1 Å². The van der Waals surface area contributed by atoms with Crippen molar-refractivity contribution in [3.63, 3.8) is 0 Å². The molecule has 0 bridgehead atoms. The maximum Gasteiger partial charge on any atom is 0.262 e. The van der Waals surface area contributed by atoms with E-state index in [1.54, 1.807) is 18.2 Å². The molecule has 0 saturated carbocycles. The standard InChI is InChI=1S/C21H21N5O3/c22-21(28)15-11-24-19(9-16(15)23-10-13-4-2-1-3-5-13)25-14-6-7-18-17(8-14)26-20(27)12-29-18/h1-9,23-25H,10-12H2,(H2,22,28)(H,26,27). The van der Waals surface area contributed by atoms with E-state index in [1.165, 1.54) is 0 Å². The van der Waals surface area contributed by atoms with Gasteiger partial charge < -0.3 is 31.7 Å². The number of carbonyl (C=O) groups is 2. The summed E-state index contributed by atoms with van der Waals surface area (Å²) in [6.07, 6.45) is 1.81. The second-order valence-electron chi connectivity index (χ2n) is 6.68. The first kappa shape index (κ1) is 18.4. The SMILES string of the molecule is NC(=O)C1=C(NCc2ccccc2)C=C(Nc2ccc3c(c2)NC(=O)CO3)NC1. The first-order valence-corrected chi connectivity index (χ1v) is 9.18. The summed E-state index contributed by atoms with van der Waals surface area (Å²) < 4.78 is 5.37. The molecule has 2 aliphatic rings. The lowest BCUT2D eigenvalue weighted by Gasteiger charge is -2.23. The Kier molecular flexibility index (Phi) is 5.07. The van der Waals surface area contributed by atoms with E-state index in [0.29, 0.717) is 41.6 Å². The highest BCUT2D eigenvalue weighted by Crippen LogP contribution is 2.31. The first-order valence-electron chi connectivity index (χ1n) is 9.18. The Morgan fingerprint density at radius 1 is 1.17 bits per heavy atom. The number of allylic oxidation sites excluding steroid dienone is 1. The fraction of sp³-hybridized carbons (Fsp3) is 0.143. The van der Waals surface area contributed by atoms with Crippen LogP contribution in [0.5, 0.6) is 5.75 Å². The van der Waals surface area contributed by atoms with Crippen LogP contribution >= 0.6 is 0 Å². The molecule has 29 heavy (non-hydrogen) atoms. The minimum atomic E-state index is -0.475. The fourth-order valence-corrected chi connectivity index (χ4v) is 3.13. The molecule has 0 unspecified atom stereocenters. The van der Waals surface area contributed by atoms with E-state index in [9.17, 15) is 9.59 Å². The molecule has 0 aliphatic carbocycles. The quantitative estimate of drug-likeness (QED) is 0.508. The zero-order valence-electron chi connectivity index (χ0n) is 15.6. The highest BCUT2D eigenvalue weighted by Gasteiger charge is 2.19. The third-order valence-corrected chi connectivity index (χ3v) is 4.58. The van der Waals surface area contributed by atoms with Gasteiger partial charge in [0.15, 0.2) is 6.61 Å². The summed E-state index contributed by atoms with van der Waals surface area (Å²) in [4.78, 5) is 23.3. The zero-order valence-corrected chi connectivity index (χ0v) is 15.6. The Bertz CT molecular complexity index is 1010. The average Bonchev–Trinajstić information content (AvgIpc) is 2.72. The van der Waals surface area contributed by atoms with Gasteiger partial charge >= 0.3 is 0 Å². The van der Waals surface area contributed by atoms with E-state index in [-0.39, 0.29) is 12.5 Å². The van der Waals surface area contributed by atoms with Crippen molar-refractivity contribution in [2.45, 2.75) is 6.54 Å². The van der Waals surface area contributed by atoms with Gasteiger partial charge in [0.2, 0.25) is 5.91 Å². The molecule has 6 N–H and O–H groups in total. The molecule has 2 aliphatic heterocycles. The number of hydrogen-bond acceptors (Lipinski definition) is 6. The van der Waals surface area contributed by atoms with Crippen LogP contribution in [0, 0.1) is 0 Å². The van der Waals surface area contributed by atoms with Crippen molar-refractivity contribution in [1.29, 1.82) is 0 Å². The van der Waals surface area contributed by atoms with E-state index in [2.05, 4.69) is 21.3 Å². The summed E-state index contributed by atoms with van der Waals surface area (Å²) in [5, 5.41) is 12.5. The van der Waals surface area contributed by atoms with Gasteiger partial charge in [-0.2, -0.15) is 0 Å². The highest BCUT2D eigenvalue weighted by atomic mass is 16.5. The van der Waals surface area contributed by atoms with E-state index in [1.807, 2.05) is 36.4 Å². The summed E-state index contributed by atoms with van der Waals surface area (Å²) >= 11 is 0. The Morgan fingerprint density at radius 3 is 2.79 bits per heavy atom. The second-order valence-corrected chi connectivity index (χ2v) is 6.68. The Hall–Kier alpha value is -3.94. The number of nitrogens with two attached hydrogens (primary N) is 1. The van der Waals surface area contributed by atoms with Gasteiger partial charge in [-0.15, -0.1) is 0 Å². The van der Waals surface area contributed by atoms with Crippen molar-refractivity contribution in [2.75, 3.05) is 23.8 Å². The molecule has 4 rings (SSSR count). The van der Waals surface area contributed by atoms with Crippen LogP contribution in [-0.4, -0.2) is 25.0 Å². The van der Waals surface area contributed by atoms with Gasteiger partial charge in [-0.3, -0.25) is 9.59 Å². The van der Waals surface area contributed by atoms with Gasteiger partial charge in [0.1, 0.15) is 11.6 Å². The number of amides is 2. The lowest BCUT2D eigenvalue weighted by atomic mass is 10.1. The number of nitrogens with one attached hydrogen (secondary N) is 4. The lowest BCUT2D eigenvalue weighted by Crippen LogP contribution is -2.35. The van der Waals surface area contributed by atoms with E-state index in [0.717, 1.165) is 11.3 Å². The first-order chi connectivity index (χ1) is 14.1. The van der Waals surface area contributed by atoms with E-state index in [4.69, 9.17) is 10.5 Å². The molecule has 2 aromatic carbocycles. The van der Waals surface area contributed by atoms with Gasteiger partial charge in [0, 0.05) is 30.5 Å². The molecular formula is C21H21N5O3. The number of primary amides is 1. The number of dihydropyridines is 1. The van der Waals surface area contributed by atoms with Gasteiger partial charge in [-0.05, 0) is 23.8 Å². The maximum absolute atomic E-state index is 11.8. The molecule has 148 valence electrons. The molecule has 0 atom stereocenters. The summed E-state index contributed by atoms with van der Waals surface area (Å²) in [7, 11) is 0. The monoisotopic (exact) mass is 391 g/mol. The predicted octanol–water partition coefficient (Wildman–Crippen LogP) is 1.40. The van der Waals surface area contributed by atoms with Crippen LogP contribution < -0.4 is 31.7 Å². The lowest BCUT2D eigenvalue weighted by molar-refractivity contribution is -0.118. The van der Waals surface area contributed by atoms with Gasteiger partial charge in [0.25, 0.3) is 5.91 Å². The van der Waals surface area contributed by atoms with Crippen LogP contribution in [0.1, 0.15) is 5.56 Å². The van der Waals surface area contributed by atoms with E-state index >= 15 is 0 Å². The molecule has 0 spiro atoms. The van der Waals surface area contributed by atoms with Gasteiger partial charge in [-0.1, -0.05) is 30.3 Å². The van der Waals surface area contributed by atoms with Crippen molar-refractivity contribution in [3.05, 3.63) is 77.3 Å². The molecule has 8 nitrogen and oxygen atoms in total. The third kappa shape index (κ3) is 4.32. The average molecular weight is 391 g/mol. The second kappa shape index (κ2) is 7.97. The van der Waals surface area contributed by atoms with Crippen molar-refractivity contribution in [1.82, 2.24) is 10.6 Å². The van der Waals surface area contributed by atoms with Crippen molar-refractivity contribution in [2.24, 2.45) is 5.73 Å². The topological polar surface area (TPSA) is 118 Å². The molecule has 0 saturated heterocycles. The van der Waals surface area contributed by atoms with Crippen molar-refractivity contribution >= 4 is 23.2 Å². The predicted molar refractivity (Wildman–Crippen MR) is 110 cm³/mol. The van der Waals surface area contributed by atoms with Crippen LogP contribution in [0.25, 0.3) is 0 Å². The summed E-state index contributed by atoms with van der Waals surface area (Å²) in [5.41, 5.74) is 9.15. The molecular weight excluding hydrogens is 370 g/mol. The van der Waals surface area contributed by atoms with Crippen LogP contribution in [0.4, 0.5) is 11.4 Å². The number of carbonyl (C=O) groups excluding carboxylic acids is 2. The molecule has 8 heteroatoms. The third-order valence-electron chi connectivity index (χ3n) is 4.58. The molecule has 2 heterocycles. The van der Waals surface area contributed by atoms with Gasteiger partial charge in [0.05, 0.1) is 11.3 Å². The van der Waals surface area contributed by atoms with Crippen LogP contribution in [0.2, 0.25) is 0 Å². The van der Waals surface area contributed by atoms with Crippen molar-refractivity contribution in [3.8, 4) is 5.75 Å². The van der Waals surface area contributed by atoms with Crippen molar-refractivity contribution < 1.29 is 14.3 Å². The molecule has 0 radical (unpaired) electrons. The van der Waals surface area contributed by atoms with Crippen LogP contribution in [0.15, 0.2) is 71.7 Å². The van der Waals surface area contributed by atoms with Gasteiger partial charge in [-0.25, -0.2) is 0 Å².